The molecule has 5 heteroatoms. The zero-order valence-electron chi connectivity index (χ0n) is 5.95. The molecule has 0 saturated heterocycles. The van der Waals surface area contributed by atoms with Crippen molar-refractivity contribution in [3.05, 3.63) is 23.2 Å². The lowest BCUT2D eigenvalue weighted by Crippen LogP contribution is -2.16. The van der Waals surface area contributed by atoms with E-state index >= 15 is 0 Å². The molecule has 1 aromatic rings. The minimum absolute atomic E-state index is 0.00294. The van der Waals surface area contributed by atoms with Crippen molar-refractivity contribution in [2.24, 2.45) is 5.73 Å². The van der Waals surface area contributed by atoms with Crippen molar-refractivity contribution in [1.29, 1.82) is 0 Å². The third-order valence-corrected chi connectivity index (χ3v) is 1.42. The molecule has 0 radical (unpaired) electrons. The second kappa shape index (κ2) is 3.32. The fraction of sp³-hybridized carbons (Fsp3) is 0. The van der Waals surface area contributed by atoms with Gasteiger partial charge >= 0.3 is 6.09 Å². The molecule has 0 bridgehead atoms. The van der Waals surface area contributed by atoms with Crippen molar-refractivity contribution in [2.75, 3.05) is 0 Å². The van der Waals surface area contributed by atoms with Crippen LogP contribution in [-0.4, -0.2) is 11.2 Å². The fourth-order valence-electron chi connectivity index (χ4n) is 0.681. The van der Waals surface area contributed by atoms with Crippen molar-refractivity contribution in [3.63, 3.8) is 0 Å². The Hall–Kier alpha value is -1.42. The Balaban J connectivity index is 2.93. The molecular formula is C7H6ClNO3. The van der Waals surface area contributed by atoms with Crippen molar-refractivity contribution < 1.29 is 14.6 Å². The van der Waals surface area contributed by atoms with Gasteiger partial charge in [-0.05, 0) is 12.1 Å². The Morgan fingerprint density at radius 3 is 2.75 bits per heavy atom. The number of nitrogens with two attached hydrogens (primary N) is 1. The van der Waals surface area contributed by atoms with Crippen LogP contribution >= 0.6 is 11.6 Å². The fourth-order valence-corrected chi connectivity index (χ4v) is 0.894. The van der Waals surface area contributed by atoms with Crippen molar-refractivity contribution >= 4 is 17.7 Å². The summed E-state index contributed by atoms with van der Waals surface area (Å²) >= 11 is 5.58. The first-order valence-corrected chi connectivity index (χ1v) is 3.43. The molecule has 12 heavy (non-hydrogen) atoms. The average Bonchev–Trinajstić information content (AvgIpc) is 1.94. The van der Waals surface area contributed by atoms with Crippen LogP contribution in [0.2, 0.25) is 5.02 Å². The smallest absolute Gasteiger partial charge is 0.410 e. The standard InChI is InChI=1S/C7H6ClNO3/c8-5-3-4(10)1-2-6(5)12-7(9)11/h1-3,10H,(H2,9,11). The van der Waals surface area contributed by atoms with E-state index in [0.29, 0.717) is 0 Å². The summed E-state index contributed by atoms with van der Waals surface area (Å²) in [6, 6.07) is 3.94. The number of phenols is 1. The Labute approximate surface area is 73.5 Å². The number of aromatic hydroxyl groups is 1. The summed E-state index contributed by atoms with van der Waals surface area (Å²) in [5.74, 6) is 0.124. The molecule has 3 N–H and O–H groups in total. The molecule has 0 heterocycles. The van der Waals surface area contributed by atoms with Gasteiger partial charge in [-0.2, -0.15) is 0 Å². The van der Waals surface area contributed by atoms with Crippen molar-refractivity contribution in [1.82, 2.24) is 0 Å². The molecule has 4 nitrogen and oxygen atoms in total. The summed E-state index contributed by atoms with van der Waals surface area (Å²) in [7, 11) is 0. The van der Waals surface area contributed by atoms with Gasteiger partial charge < -0.3 is 15.6 Å². The van der Waals surface area contributed by atoms with Gasteiger partial charge in [0.15, 0.2) is 5.75 Å². The van der Waals surface area contributed by atoms with E-state index in [1.807, 2.05) is 0 Å². The maximum Gasteiger partial charge on any atom is 0.410 e. The number of phenolic OH excluding ortho intramolecular Hbond substituents is 1. The van der Waals surface area contributed by atoms with Gasteiger partial charge in [-0.1, -0.05) is 11.6 Å². The SMILES string of the molecule is NC(=O)Oc1ccc(O)cc1Cl. The lowest BCUT2D eigenvalue weighted by atomic mass is 10.3. The van der Waals surface area contributed by atoms with Gasteiger partial charge in [-0.3, -0.25) is 0 Å². The largest absolute Gasteiger partial charge is 0.508 e. The molecule has 0 aromatic heterocycles. The van der Waals surface area contributed by atoms with E-state index in [1.54, 1.807) is 0 Å². The summed E-state index contributed by atoms with van der Waals surface area (Å²) < 4.78 is 4.50. The van der Waals surface area contributed by atoms with Crippen LogP contribution in [-0.2, 0) is 0 Å². The average molecular weight is 188 g/mol. The Kier molecular flexibility index (Phi) is 2.40. The van der Waals surface area contributed by atoms with Crippen molar-refractivity contribution in [3.8, 4) is 11.5 Å². The van der Waals surface area contributed by atoms with Gasteiger partial charge in [0.05, 0.1) is 5.02 Å². The van der Waals surface area contributed by atoms with E-state index in [1.165, 1.54) is 18.2 Å². The number of amides is 1. The predicted octanol–water partition coefficient (Wildman–Crippen LogP) is 1.50. The third-order valence-electron chi connectivity index (χ3n) is 1.13. The lowest BCUT2D eigenvalue weighted by Gasteiger charge is -2.02. The number of ether oxygens (including phenoxy) is 1. The van der Waals surface area contributed by atoms with Crippen LogP contribution < -0.4 is 10.5 Å². The predicted molar refractivity (Wildman–Crippen MR) is 43.3 cm³/mol. The topological polar surface area (TPSA) is 72.6 Å². The molecule has 0 saturated carbocycles. The molecule has 64 valence electrons. The summed E-state index contributed by atoms with van der Waals surface area (Å²) in [4.78, 5) is 10.3. The van der Waals surface area contributed by atoms with Crippen molar-refractivity contribution in [2.45, 2.75) is 0 Å². The van der Waals surface area contributed by atoms with Gasteiger partial charge in [0.1, 0.15) is 5.75 Å². The number of hydrogen-bond donors (Lipinski definition) is 2. The van der Waals surface area contributed by atoms with Crippen LogP contribution in [0.4, 0.5) is 4.79 Å². The van der Waals surface area contributed by atoms with E-state index in [-0.39, 0.29) is 16.5 Å². The highest BCUT2D eigenvalue weighted by molar-refractivity contribution is 6.32. The summed E-state index contributed by atoms with van der Waals surface area (Å²) in [5.41, 5.74) is 4.75. The zero-order valence-corrected chi connectivity index (χ0v) is 6.71. The number of rotatable bonds is 1. The molecule has 1 amide bonds. The van der Waals surface area contributed by atoms with E-state index in [2.05, 4.69) is 4.74 Å². The number of halogens is 1. The molecule has 0 atom stereocenters. The van der Waals surface area contributed by atoms with E-state index in [4.69, 9.17) is 22.4 Å². The lowest BCUT2D eigenvalue weighted by molar-refractivity contribution is 0.211. The summed E-state index contributed by atoms with van der Waals surface area (Å²) in [5, 5.41) is 9.05. The highest BCUT2D eigenvalue weighted by Gasteiger charge is 2.04. The van der Waals surface area contributed by atoms with Crippen LogP contribution in [0.3, 0.4) is 0 Å². The maximum atomic E-state index is 10.3. The minimum atomic E-state index is -0.942. The maximum absolute atomic E-state index is 10.3. The number of benzene rings is 1. The molecular weight excluding hydrogens is 182 g/mol. The normalized spacial score (nSPS) is 9.42. The number of primary amides is 1. The number of hydrogen-bond acceptors (Lipinski definition) is 3. The molecule has 1 rings (SSSR count). The first-order valence-electron chi connectivity index (χ1n) is 3.05. The molecule has 0 spiro atoms. The van der Waals surface area contributed by atoms with Gasteiger partial charge in [0.2, 0.25) is 0 Å². The van der Waals surface area contributed by atoms with Crippen LogP contribution in [0.15, 0.2) is 18.2 Å². The van der Waals surface area contributed by atoms with Gasteiger partial charge in [0.25, 0.3) is 0 Å². The van der Waals surface area contributed by atoms with Gasteiger partial charge in [-0.25, -0.2) is 4.79 Å². The minimum Gasteiger partial charge on any atom is -0.508 e. The van der Waals surface area contributed by atoms with Crippen LogP contribution in [0.5, 0.6) is 11.5 Å². The Morgan fingerprint density at radius 1 is 1.58 bits per heavy atom. The molecule has 1 aromatic carbocycles. The second-order valence-corrected chi connectivity index (χ2v) is 2.44. The quantitative estimate of drug-likeness (QED) is 0.700. The third kappa shape index (κ3) is 2.03. The van der Waals surface area contributed by atoms with Gasteiger partial charge in [-0.15, -0.1) is 0 Å². The molecule has 0 aliphatic carbocycles. The summed E-state index contributed by atoms with van der Waals surface area (Å²) in [6.45, 7) is 0. The van der Waals surface area contributed by atoms with Crippen LogP contribution in [0.1, 0.15) is 0 Å². The first-order chi connectivity index (χ1) is 5.59. The molecule has 0 fully saturated rings. The molecule has 0 aliphatic rings. The van der Waals surface area contributed by atoms with Gasteiger partial charge in [0, 0.05) is 6.07 Å². The second-order valence-electron chi connectivity index (χ2n) is 2.04. The van der Waals surface area contributed by atoms with Crippen LogP contribution in [0.25, 0.3) is 0 Å². The number of carbonyl (C=O) groups excluding carboxylic acids is 1. The zero-order chi connectivity index (χ0) is 9.14. The first kappa shape index (κ1) is 8.67. The highest BCUT2D eigenvalue weighted by atomic mass is 35.5. The van der Waals surface area contributed by atoms with Crippen LogP contribution in [0, 0.1) is 0 Å². The molecule has 0 aliphatic heterocycles. The van der Waals surface area contributed by atoms with E-state index < -0.39 is 6.09 Å². The Morgan fingerprint density at radius 2 is 2.25 bits per heavy atom. The molecule has 0 unspecified atom stereocenters. The van der Waals surface area contributed by atoms with E-state index in [0.717, 1.165) is 0 Å². The monoisotopic (exact) mass is 187 g/mol. The highest BCUT2D eigenvalue weighted by Crippen LogP contribution is 2.27. The number of carbonyl (C=O) groups is 1. The summed E-state index contributed by atoms with van der Waals surface area (Å²) in [6.07, 6.45) is -0.942. The Bertz CT molecular complexity index is 314. The van der Waals surface area contributed by atoms with E-state index in [9.17, 15) is 4.79 Å².